The van der Waals surface area contributed by atoms with E-state index in [0.717, 1.165) is 0 Å². The third-order valence-electron chi connectivity index (χ3n) is 2.46. The molecule has 7 heteroatoms. The number of hydrogen-bond donors (Lipinski definition) is 2. The highest BCUT2D eigenvalue weighted by Crippen LogP contribution is 2.13. The van der Waals surface area contributed by atoms with E-state index in [1.807, 2.05) is 0 Å². The smallest absolute Gasteiger partial charge is 0.335 e. The Labute approximate surface area is 121 Å². The van der Waals surface area contributed by atoms with Crippen LogP contribution in [0.4, 0.5) is 0 Å². The topological polar surface area (TPSA) is 110 Å². The van der Waals surface area contributed by atoms with Crippen LogP contribution in [0, 0.1) is 0 Å². The fourth-order valence-corrected chi connectivity index (χ4v) is 1.43. The maximum absolute atomic E-state index is 11.3. The number of hydrogen-bond acceptors (Lipinski definition) is 5. The Morgan fingerprint density at radius 3 is 2.24 bits per heavy atom. The van der Waals surface area contributed by atoms with Crippen LogP contribution in [0.25, 0.3) is 0 Å². The van der Waals surface area contributed by atoms with Gasteiger partial charge in [-0.25, -0.2) is 4.79 Å². The third kappa shape index (κ3) is 6.42. The molecule has 0 spiro atoms. The molecule has 0 aliphatic rings. The van der Waals surface area contributed by atoms with Gasteiger partial charge in [0.2, 0.25) is 0 Å². The highest BCUT2D eigenvalue weighted by molar-refractivity contribution is 5.87. The van der Waals surface area contributed by atoms with Crippen molar-refractivity contribution in [2.24, 2.45) is 0 Å². The molecule has 0 radical (unpaired) electrons. The van der Waals surface area contributed by atoms with Crippen LogP contribution in [0.3, 0.4) is 0 Å². The summed E-state index contributed by atoms with van der Waals surface area (Å²) < 4.78 is 10.3. The van der Waals surface area contributed by atoms with E-state index in [2.05, 4.69) is 0 Å². The molecule has 1 aromatic rings. The molecular weight excluding hydrogens is 280 g/mol. The van der Waals surface area contributed by atoms with Gasteiger partial charge in [-0.2, -0.15) is 0 Å². The van der Waals surface area contributed by atoms with Crippen molar-refractivity contribution in [1.29, 1.82) is 0 Å². The van der Waals surface area contributed by atoms with Crippen molar-refractivity contribution in [3.63, 3.8) is 0 Å². The molecule has 2 N–H and O–H groups in total. The first-order valence-corrected chi connectivity index (χ1v) is 6.26. The van der Waals surface area contributed by atoms with Gasteiger partial charge in [0.25, 0.3) is 0 Å². The number of aromatic carboxylic acids is 1. The fourth-order valence-electron chi connectivity index (χ4n) is 1.43. The summed E-state index contributed by atoms with van der Waals surface area (Å²) in [5, 5.41) is 17.2. The summed E-state index contributed by atoms with van der Waals surface area (Å²) in [6.45, 7) is 1.70. The Morgan fingerprint density at radius 1 is 1.10 bits per heavy atom. The van der Waals surface area contributed by atoms with Crippen molar-refractivity contribution in [3.05, 3.63) is 29.8 Å². The van der Waals surface area contributed by atoms with Crippen molar-refractivity contribution >= 4 is 17.9 Å². The molecule has 1 aromatic carbocycles. The summed E-state index contributed by atoms with van der Waals surface area (Å²) in [6, 6.07) is 5.81. The van der Waals surface area contributed by atoms with Crippen molar-refractivity contribution in [3.8, 4) is 5.75 Å². The first kappa shape index (κ1) is 16.5. The van der Waals surface area contributed by atoms with Gasteiger partial charge in [-0.15, -0.1) is 0 Å². The van der Waals surface area contributed by atoms with Crippen molar-refractivity contribution in [1.82, 2.24) is 0 Å². The summed E-state index contributed by atoms with van der Waals surface area (Å²) >= 11 is 0. The van der Waals surface area contributed by atoms with E-state index in [0.29, 0.717) is 5.75 Å². The Morgan fingerprint density at radius 2 is 1.71 bits per heavy atom. The quantitative estimate of drug-likeness (QED) is 0.700. The number of carboxylic acid groups (broad SMARTS) is 2. The SMILES string of the molecule is CC(COc1ccc(C(=O)O)cc1)OC(=O)CCC(=O)O. The second-order valence-electron chi connectivity index (χ2n) is 4.33. The number of carbonyl (C=O) groups excluding carboxylic acids is 1. The normalized spacial score (nSPS) is 11.5. The molecule has 0 aromatic heterocycles. The number of carboxylic acids is 2. The summed E-state index contributed by atoms with van der Waals surface area (Å²) in [6.07, 6.45) is -0.999. The number of aliphatic carboxylic acids is 1. The molecule has 0 bridgehead atoms. The summed E-state index contributed by atoms with van der Waals surface area (Å²) in [4.78, 5) is 32.3. The van der Waals surface area contributed by atoms with Crippen LogP contribution in [0.5, 0.6) is 5.75 Å². The van der Waals surface area contributed by atoms with Gasteiger partial charge in [0.05, 0.1) is 18.4 Å². The lowest BCUT2D eigenvalue weighted by Gasteiger charge is -2.14. The lowest BCUT2D eigenvalue weighted by molar-refractivity contribution is -0.152. The molecule has 0 saturated carbocycles. The van der Waals surface area contributed by atoms with Gasteiger partial charge in [-0.3, -0.25) is 9.59 Å². The molecule has 0 aliphatic heterocycles. The molecule has 114 valence electrons. The van der Waals surface area contributed by atoms with Crippen LogP contribution in [-0.2, 0) is 14.3 Å². The molecule has 21 heavy (non-hydrogen) atoms. The highest BCUT2D eigenvalue weighted by Gasteiger charge is 2.12. The molecule has 7 nitrogen and oxygen atoms in total. The van der Waals surface area contributed by atoms with Crippen molar-refractivity contribution in [2.45, 2.75) is 25.9 Å². The zero-order chi connectivity index (χ0) is 15.8. The molecule has 0 saturated heterocycles. The Hall–Kier alpha value is -2.57. The number of rotatable bonds is 8. The molecule has 0 heterocycles. The molecule has 1 rings (SSSR count). The van der Waals surface area contributed by atoms with E-state index in [1.54, 1.807) is 6.92 Å². The van der Waals surface area contributed by atoms with Crippen LogP contribution < -0.4 is 4.74 Å². The van der Waals surface area contributed by atoms with Gasteiger partial charge in [-0.05, 0) is 31.2 Å². The molecule has 0 aliphatic carbocycles. The number of esters is 1. The van der Waals surface area contributed by atoms with Gasteiger partial charge in [0.15, 0.2) is 0 Å². The second kappa shape index (κ2) is 7.88. The predicted molar refractivity (Wildman–Crippen MR) is 71.3 cm³/mol. The van der Waals surface area contributed by atoms with E-state index in [-0.39, 0.29) is 25.0 Å². The number of benzene rings is 1. The van der Waals surface area contributed by atoms with E-state index in [4.69, 9.17) is 19.7 Å². The molecule has 0 amide bonds. The largest absolute Gasteiger partial charge is 0.490 e. The summed E-state index contributed by atoms with van der Waals surface area (Å²) in [7, 11) is 0. The zero-order valence-electron chi connectivity index (χ0n) is 11.4. The highest BCUT2D eigenvalue weighted by atomic mass is 16.6. The average molecular weight is 296 g/mol. The van der Waals surface area contributed by atoms with Crippen LogP contribution in [0.15, 0.2) is 24.3 Å². The summed E-state index contributed by atoms with van der Waals surface area (Å²) in [5.74, 6) is -2.24. The Bertz CT molecular complexity index is 507. The van der Waals surface area contributed by atoms with E-state index in [9.17, 15) is 14.4 Å². The van der Waals surface area contributed by atoms with Gasteiger partial charge >= 0.3 is 17.9 Å². The lowest BCUT2D eigenvalue weighted by atomic mass is 10.2. The maximum Gasteiger partial charge on any atom is 0.335 e. The Kier molecular flexibility index (Phi) is 6.19. The minimum atomic E-state index is -1.06. The number of carbonyl (C=O) groups is 3. The van der Waals surface area contributed by atoms with Gasteiger partial charge in [-0.1, -0.05) is 0 Å². The Balaban J connectivity index is 2.35. The van der Waals surface area contributed by atoms with Crippen LogP contribution >= 0.6 is 0 Å². The van der Waals surface area contributed by atoms with E-state index >= 15 is 0 Å². The molecule has 1 atom stereocenters. The molecule has 1 unspecified atom stereocenters. The van der Waals surface area contributed by atoms with Crippen LogP contribution in [0.2, 0.25) is 0 Å². The van der Waals surface area contributed by atoms with E-state index < -0.39 is 24.0 Å². The second-order valence-corrected chi connectivity index (χ2v) is 4.33. The van der Waals surface area contributed by atoms with Crippen LogP contribution in [-0.4, -0.2) is 40.8 Å². The molecular formula is C14H16O7. The summed E-state index contributed by atoms with van der Waals surface area (Å²) in [5.41, 5.74) is 0.149. The monoisotopic (exact) mass is 296 g/mol. The van der Waals surface area contributed by atoms with Crippen LogP contribution in [0.1, 0.15) is 30.1 Å². The minimum absolute atomic E-state index is 0.0885. The average Bonchev–Trinajstić information content (AvgIpc) is 2.43. The predicted octanol–water partition coefficient (Wildman–Crippen LogP) is 1.56. The number of ether oxygens (including phenoxy) is 2. The first-order valence-electron chi connectivity index (χ1n) is 6.26. The maximum atomic E-state index is 11.3. The van der Waals surface area contributed by atoms with Gasteiger partial charge < -0.3 is 19.7 Å². The lowest BCUT2D eigenvalue weighted by Crippen LogP contribution is -2.22. The zero-order valence-corrected chi connectivity index (χ0v) is 11.4. The van der Waals surface area contributed by atoms with Gasteiger partial charge in [0, 0.05) is 0 Å². The van der Waals surface area contributed by atoms with Crippen molar-refractivity contribution in [2.75, 3.05) is 6.61 Å². The fraction of sp³-hybridized carbons (Fsp3) is 0.357. The molecule has 0 fully saturated rings. The minimum Gasteiger partial charge on any atom is -0.490 e. The van der Waals surface area contributed by atoms with Crippen molar-refractivity contribution < 1.29 is 34.1 Å². The first-order chi connectivity index (χ1) is 9.88. The standard InChI is InChI=1S/C14H16O7/c1-9(21-13(17)7-6-12(15)16)8-20-11-4-2-10(3-5-11)14(18)19/h2-5,9H,6-8H2,1H3,(H,15,16)(H,18,19). The van der Waals surface area contributed by atoms with Gasteiger partial charge in [0.1, 0.15) is 18.5 Å². The third-order valence-corrected chi connectivity index (χ3v) is 2.46. The van der Waals surface area contributed by atoms with E-state index in [1.165, 1.54) is 24.3 Å².